The van der Waals surface area contributed by atoms with Crippen molar-refractivity contribution < 1.29 is 9.53 Å². The number of aryl methyl sites for hydroxylation is 1. The summed E-state index contributed by atoms with van der Waals surface area (Å²) >= 11 is 0. The van der Waals surface area contributed by atoms with Crippen LogP contribution >= 0.6 is 0 Å². The van der Waals surface area contributed by atoms with E-state index in [1.165, 1.54) is 11.1 Å². The summed E-state index contributed by atoms with van der Waals surface area (Å²) in [5, 5.41) is 0. The van der Waals surface area contributed by atoms with Crippen molar-refractivity contribution in [3.63, 3.8) is 0 Å². The first-order chi connectivity index (χ1) is 8.58. The topological polar surface area (TPSA) is 26.3 Å². The van der Waals surface area contributed by atoms with Gasteiger partial charge in [-0.3, -0.25) is 0 Å². The van der Waals surface area contributed by atoms with Gasteiger partial charge in [0.05, 0.1) is 6.61 Å². The fourth-order valence-corrected chi connectivity index (χ4v) is 2.32. The van der Waals surface area contributed by atoms with Crippen molar-refractivity contribution in [1.82, 2.24) is 0 Å². The lowest BCUT2D eigenvalue weighted by Gasteiger charge is -2.18. The van der Waals surface area contributed by atoms with E-state index in [9.17, 15) is 4.79 Å². The first-order valence-corrected chi connectivity index (χ1v) is 6.81. The largest absolute Gasteiger partial charge is 0.494 e. The van der Waals surface area contributed by atoms with Gasteiger partial charge in [-0.25, -0.2) is 0 Å². The summed E-state index contributed by atoms with van der Waals surface area (Å²) in [6, 6.07) is 6.27. The van der Waals surface area contributed by atoms with Gasteiger partial charge in [-0.2, -0.15) is 0 Å². The van der Waals surface area contributed by atoms with Crippen LogP contribution in [0.2, 0.25) is 0 Å². The third-order valence-corrected chi connectivity index (χ3v) is 3.33. The molecule has 1 rings (SSSR count). The molecule has 1 unspecified atom stereocenters. The van der Waals surface area contributed by atoms with Gasteiger partial charge in [0.25, 0.3) is 0 Å². The Balaban J connectivity index is 2.82. The molecule has 0 aliphatic rings. The van der Waals surface area contributed by atoms with Gasteiger partial charge in [-0.15, -0.1) is 0 Å². The molecule has 0 fully saturated rings. The molecule has 0 aliphatic carbocycles. The molecule has 0 aromatic heterocycles. The van der Waals surface area contributed by atoms with Crippen LogP contribution in [-0.4, -0.2) is 12.4 Å². The smallest absolute Gasteiger partial charge is 0.129 e. The highest BCUT2D eigenvalue weighted by atomic mass is 16.5. The Hall–Kier alpha value is -1.31. The zero-order valence-electron chi connectivity index (χ0n) is 12.0. The van der Waals surface area contributed by atoms with Crippen LogP contribution in [-0.2, 0) is 4.79 Å². The lowest BCUT2D eigenvalue weighted by atomic mass is 9.88. The number of hydrogen-bond acceptors (Lipinski definition) is 2. The fraction of sp³-hybridized carbons (Fsp3) is 0.562. The third kappa shape index (κ3) is 4.17. The van der Waals surface area contributed by atoms with Gasteiger partial charge in [-0.05, 0) is 62.8 Å². The second-order valence-electron chi connectivity index (χ2n) is 4.80. The Bertz CT molecular complexity index is 396. The summed E-state index contributed by atoms with van der Waals surface area (Å²) in [6.07, 6.45) is 2.69. The van der Waals surface area contributed by atoms with Crippen LogP contribution in [0.5, 0.6) is 5.75 Å². The van der Waals surface area contributed by atoms with Crippen LogP contribution in [0.1, 0.15) is 57.1 Å². The standard InChI is InChI=1S/C16H24O2/c1-5-14(8-7-13(4)17)16-10-9-15(18-6-2)11-12(16)3/h9-11,14H,5-8H2,1-4H3. The zero-order chi connectivity index (χ0) is 13.5. The molecule has 0 saturated heterocycles. The highest BCUT2D eigenvalue weighted by molar-refractivity contribution is 5.75. The van der Waals surface area contributed by atoms with Crippen molar-refractivity contribution in [2.45, 2.75) is 52.9 Å². The summed E-state index contributed by atoms with van der Waals surface area (Å²) in [7, 11) is 0. The predicted molar refractivity (Wildman–Crippen MR) is 75.3 cm³/mol. The lowest BCUT2D eigenvalue weighted by Crippen LogP contribution is -2.03. The van der Waals surface area contributed by atoms with E-state index in [0.29, 0.717) is 18.9 Å². The summed E-state index contributed by atoms with van der Waals surface area (Å²) in [5.74, 6) is 1.68. The molecule has 100 valence electrons. The number of rotatable bonds is 7. The van der Waals surface area contributed by atoms with E-state index in [1.54, 1.807) is 6.92 Å². The van der Waals surface area contributed by atoms with Gasteiger partial charge in [0.15, 0.2) is 0 Å². The molecule has 0 N–H and O–H groups in total. The maximum absolute atomic E-state index is 11.1. The van der Waals surface area contributed by atoms with Gasteiger partial charge >= 0.3 is 0 Å². The van der Waals surface area contributed by atoms with E-state index >= 15 is 0 Å². The summed E-state index contributed by atoms with van der Waals surface area (Å²) < 4.78 is 5.50. The van der Waals surface area contributed by atoms with E-state index < -0.39 is 0 Å². The van der Waals surface area contributed by atoms with Crippen molar-refractivity contribution in [1.29, 1.82) is 0 Å². The molecule has 1 aromatic rings. The number of hydrogen-bond donors (Lipinski definition) is 0. The van der Waals surface area contributed by atoms with Crippen LogP contribution in [0.4, 0.5) is 0 Å². The van der Waals surface area contributed by atoms with Crippen molar-refractivity contribution in [2.24, 2.45) is 0 Å². The Morgan fingerprint density at radius 2 is 2.06 bits per heavy atom. The first-order valence-electron chi connectivity index (χ1n) is 6.81. The molecule has 0 saturated carbocycles. The van der Waals surface area contributed by atoms with E-state index in [1.807, 2.05) is 13.0 Å². The molecule has 0 spiro atoms. The fourth-order valence-electron chi connectivity index (χ4n) is 2.32. The number of carbonyl (C=O) groups excluding carboxylic acids is 1. The average Bonchev–Trinajstić information content (AvgIpc) is 2.32. The maximum Gasteiger partial charge on any atom is 0.129 e. The molecule has 0 heterocycles. The summed E-state index contributed by atoms with van der Waals surface area (Å²) in [6.45, 7) is 8.65. The molecule has 2 nitrogen and oxygen atoms in total. The molecule has 0 aliphatic heterocycles. The molecule has 1 atom stereocenters. The number of carbonyl (C=O) groups is 1. The second kappa shape index (κ2) is 7.20. The van der Waals surface area contributed by atoms with Crippen molar-refractivity contribution in [3.05, 3.63) is 29.3 Å². The number of Topliss-reactive ketones (excluding diaryl/α,β-unsaturated/α-hetero) is 1. The van der Waals surface area contributed by atoms with Gasteiger partial charge in [-0.1, -0.05) is 13.0 Å². The minimum atomic E-state index is 0.275. The lowest BCUT2D eigenvalue weighted by molar-refractivity contribution is -0.117. The highest BCUT2D eigenvalue weighted by Gasteiger charge is 2.13. The molecular formula is C16H24O2. The molecular weight excluding hydrogens is 224 g/mol. The predicted octanol–water partition coefficient (Wildman–Crippen LogP) is 4.26. The first kappa shape index (κ1) is 14.7. The summed E-state index contributed by atoms with van der Waals surface area (Å²) in [4.78, 5) is 11.1. The Kier molecular flexibility index (Phi) is 5.90. The SMILES string of the molecule is CCOc1ccc(C(CC)CCC(C)=O)c(C)c1. The molecule has 2 heteroatoms. The van der Waals surface area contributed by atoms with E-state index in [-0.39, 0.29) is 5.78 Å². The maximum atomic E-state index is 11.1. The number of ketones is 1. The minimum absolute atomic E-state index is 0.275. The quantitative estimate of drug-likeness (QED) is 0.720. The average molecular weight is 248 g/mol. The number of benzene rings is 1. The van der Waals surface area contributed by atoms with Crippen LogP contribution in [0.25, 0.3) is 0 Å². The summed E-state index contributed by atoms with van der Waals surface area (Å²) in [5.41, 5.74) is 2.61. The highest BCUT2D eigenvalue weighted by Crippen LogP contribution is 2.29. The monoisotopic (exact) mass is 248 g/mol. The van der Waals surface area contributed by atoms with Crippen LogP contribution in [0.3, 0.4) is 0 Å². The van der Waals surface area contributed by atoms with Crippen LogP contribution in [0, 0.1) is 6.92 Å². The Labute approximate surface area is 110 Å². The zero-order valence-corrected chi connectivity index (χ0v) is 12.0. The van der Waals surface area contributed by atoms with Crippen LogP contribution in [0.15, 0.2) is 18.2 Å². The van der Waals surface area contributed by atoms with Gasteiger partial charge in [0.1, 0.15) is 11.5 Å². The van der Waals surface area contributed by atoms with E-state index in [4.69, 9.17) is 4.74 Å². The molecule has 1 aromatic carbocycles. The normalized spacial score (nSPS) is 12.2. The molecule has 0 bridgehead atoms. The van der Waals surface area contributed by atoms with Crippen molar-refractivity contribution >= 4 is 5.78 Å². The Morgan fingerprint density at radius 1 is 1.33 bits per heavy atom. The van der Waals surface area contributed by atoms with E-state index in [0.717, 1.165) is 18.6 Å². The molecule has 0 amide bonds. The van der Waals surface area contributed by atoms with E-state index in [2.05, 4.69) is 26.0 Å². The van der Waals surface area contributed by atoms with Crippen molar-refractivity contribution in [2.75, 3.05) is 6.61 Å². The molecule has 0 radical (unpaired) electrons. The second-order valence-corrected chi connectivity index (χ2v) is 4.80. The van der Waals surface area contributed by atoms with Gasteiger partial charge < -0.3 is 9.53 Å². The third-order valence-electron chi connectivity index (χ3n) is 3.33. The minimum Gasteiger partial charge on any atom is -0.494 e. The van der Waals surface area contributed by atoms with Crippen molar-refractivity contribution in [3.8, 4) is 5.75 Å². The van der Waals surface area contributed by atoms with Gasteiger partial charge in [0, 0.05) is 6.42 Å². The van der Waals surface area contributed by atoms with Gasteiger partial charge in [0.2, 0.25) is 0 Å². The molecule has 18 heavy (non-hydrogen) atoms. The number of ether oxygens (including phenoxy) is 1. The van der Waals surface area contributed by atoms with Crippen LogP contribution < -0.4 is 4.74 Å². The Morgan fingerprint density at radius 3 is 2.56 bits per heavy atom.